The molecule has 0 radical (unpaired) electrons. The van der Waals surface area contributed by atoms with Crippen LogP contribution in [0.25, 0.3) is 0 Å². The first-order chi connectivity index (χ1) is 9.72. The van der Waals surface area contributed by atoms with Crippen molar-refractivity contribution in [3.05, 3.63) is 40.7 Å². The van der Waals surface area contributed by atoms with E-state index in [0.717, 1.165) is 17.8 Å². The lowest BCUT2D eigenvalue weighted by atomic mass is 9.53. The zero-order valence-corrected chi connectivity index (χ0v) is 11.2. The number of aliphatic hydroxyl groups excluding tert-OH is 1. The van der Waals surface area contributed by atoms with Crippen molar-refractivity contribution in [2.75, 3.05) is 5.01 Å². The Morgan fingerprint density at radius 1 is 1.30 bits per heavy atom. The Morgan fingerprint density at radius 3 is 2.80 bits per heavy atom. The van der Waals surface area contributed by atoms with Crippen molar-refractivity contribution in [3.8, 4) is 0 Å². The minimum Gasteiger partial charge on any atom is -0.390 e. The Labute approximate surface area is 119 Å². The third kappa shape index (κ3) is 1.00. The van der Waals surface area contributed by atoms with Crippen LogP contribution in [0, 0.1) is 0 Å². The average Bonchev–Trinajstić information content (AvgIpc) is 2.77. The smallest absolute Gasteiger partial charge is 0.122 e. The molecular weight excluding hydrogens is 278 g/mol. The Kier molecular flexibility index (Phi) is 1.79. The van der Waals surface area contributed by atoms with E-state index in [4.69, 9.17) is 11.6 Å². The second-order valence-corrected chi connectivity index (χ2v) is 6.16. The van der Waals surface area contributed by atoms with Crippen LogP contribution in [-0.4, -0.2) is 33.0 Å². The molecule has 1 saturated carbocycles. The first-order valence-corrected chi connectivity index (χ1v) is 6.99. The lowest BCUT2D eigenvalue weighted by Gasteiger charge is -2.60. The van der Waals surface area contributed by atoms with Gasteiger partial charge < -0.3 is 15.3 Å². The topological polar surface area (TPSA) is 79.8 Å². The molecule has 6 nitrogen and oxygen atoms in total. The highest BCUT2D eigenvalue weighted by atomic mass is 35.5. The number of aromatic amines is 2. The summed E-state index contributed by atoms with van der Waals surface area (Å²) in [6, 6.07) is 7.51. The van der Waals surface area contributed by atoms with Crippen LogP contribution in [0.5, 0.6) is 0 Å². The molecule has 4 unspecified atom stereocenters. The predicted octanol–water partition coefficient (Wildman–Crippen LogP) is 2.01. The maximum absolute atomic E-state index is 10.6. The average molecular weight is 290 g/mol. The molecule has 3 N–H and O–H groups in total. The molecule has 2 bridgehead atoms. The molecule has 7 heteroatoms. The molecule has 2 aromatic rings. The van der Waals surface area contributed by atoms with Gasteiger partial charge in [0.2, 0.25) is 0 Å². The van der Waals surface area contributed by atoms with Gasteiger partial charge in [0.15, 0.2) is 0 Å². The van der Waals surface area contributed by atoms with Gasteiger partial charge in [-0.15, -0.1) is 0 Å². The number of aromatic nitrogens is 2. The summed E-state index contributed by atoms with van der Waals surface area (Å²) in [6.07, 6.45) is 0.277. The largest absolute Gasteiger partial charge is 0.390 e. The molecule has 102 valence electrons. The quantitative estimate of drug-likeness (QED) is 0.751. The van der Waals surface area contributed by atoms with E-state index in [1.807, 2.05) is 29.3 Å². The van der Waals surface area contributed by atoms with Gasteiger partial charge in [-0.2, -0.15) is 5.11 Å². The number of hydrogen-bond donors (Lipinski definition) is 3. The summed E-state index contributed by atoms with van der Waals surface area (Å²) in [7, 11) is 0. The lowest BCUT2D eigenvalue weighted by Crippen LogP contribution is -2.76. The molecule has 1 spiro atoms. The van der Waals surface area contributed by atoms with Crippen molar-refractivity contribution in [1.29, 1.82) is 0 Å². The van der Waals surface area contributed by atoms with Crippen molar-refractivity contribution in [2.24, 2.45) is 10.3 Å². The number of nitrogens with zero attached hydrogens (tertiary/aromatic N) is 3. The van der Waals surface area contributed by atoms with Gasteiger partial charge >= 0.3 is 0 Å². The minimum absolute atomic E-state index is 0.0292. The molecule has 0 saturated heterocycles. The Balaban J connectivity index is 1.61. The van der Waals surface area contributed by atoms with Crippen LogP contribution in [0.3, 0.4) is 0 Å². The van der Waals surface area contributed by atoms with Crippen molar-refractivity contribution in [3.63, 3.8) is 0 Å². The highest BCUT2D eigenvalue weighted by Crippen LogP contribution is 2.60. The monoisotopic (exact) mass is 289 g/mol. The molecule has 20 heavy (non-hydrogen) atoms. The van der Waals surface area contributed by atoms with Gasteiger partial charge in [0, 0.05) is 11.4 Å². The lowest BCUT2D eigenvalue weighted by molar-refractivity contribution is -0.0533. The summed E-state index contributed by atoms with van der Waals surface area (Å²) in [6.45, 7) is 0. The molecule has 4 aliphatic rings. The highest BCUT2D eigenvalue weighted by molar-refractivity contribution is 6.30. The predicted molar refractivity (Wildman–Crippen MR) is 72.9 cm³/mol. The van der Waals surface area contributed by atoms with Gasteiger partial charge in [0.1, 0.15) is 11.6 Å². The number of anilines is 1. The van der Waals surface area contributed by atoms with Crippen LogP contribution in [0.2, 0.25) is 5.02 Å². The van der Waals surface area contributed by atoms with Crippen molar-refractivity contribution in [2.45, 2.75) is 30.0 Å². The van der Waals surface area contributed by atoms with E-state index in [1.54, 1.807) is 0 Å². The van der Waals surface area contributed by atoms with Crippen LogP contribution in [0.15, 0.2) is 34.6 Å². The number of rotatable bonds is 1. The maximum atomic E-state index is 10.6. The molecule has 1 aliphatic heterocycles. The summed E-state index contributed by atoms with van der Waals surface area (Å²) in [4.78, 5) is 0. The van der Waals surface area contributed by atoms with Gasteiger partial charge in [-0.3, -0.25) is 0 Å². The first-order valence-electron chi connectivity index (χ1n) is 6.61. The normalized spacial score (nSPS) is 36.7. The Hall–Kier alpha value is -1.79. The number of hydrogen-bond acceptors (Lipinski definition) is 4. The number of aliphatic hydroxyl groups is 1. The Morgan fingerprint density at radius 2 is 2.10 bits per heavy atom. The molecule has 6 rings (SSSR count). The third-order valence-electron chi connectivity index (χ3n) is 4.90. The fourth-order valence-corrected chi connectivity index (χ4v) is 3.99. The fourth-order valence-electron chi connectivity index (χ4n) is 3.87. The molecule has 1 fully saturated rings. The molecule has 1 aromatic carbocycles. The number of nitrogens with one attached hydrogen (secondary N) is 2. The standard InChI is InChI=1S/C13H12ClN5O/c14-6-1-3-7(4-2-6)19-13-5-8-10(16-15-8)9(12(13)20)11(13)17-18-19/h1-4,9,11-12,15-16,20H,5H2. The molecule has 2 heterocycles. The summed E-state index contributed by atoms with van der Waals surface area (Å²) in [5.41, 5.74) is 2.74. The fraction of sp³-hybridized carbons (Fsp3) is 0.385. The van der Waals surface area contributed by atoms with E-state index >= 15 is 0 Å². The molecular formula is C13H12ClN5O. The van der Waals surface area contributed by atoms with Gasteiger partial charge in [-0.05, 0) is 24.3 Å². The van der Waals surface area contributed by atoms with Crippen LogP contribution in [0.4, 0.5) is 5.69 Å². The zero-order chi connectivity index (χ0) is 13.5. The van der Waals surface area contributed by atoms with E-state index in [0.29, 0.717) is 5.02 Å². The Bertz CT molecular complexity index is 719. The molecule has 1 aromatic heterocycles. The minimum atomic E-state index is -0.452. The van der Waals surface area contributed by atoms with E-state index < -0.39 is 11.6 Å². The number of H-pyrrole nitrogens is 2. The van der Waals surface area contributed by atoms with E-state index in [9.17, 15) is 5.11 Å². The zero-order valence-electron chi connectivity index (χ0n) is 10.4. The second kappa shape index (κ2) is 3.27. The summed E-state index contributed by atoms with van der Waals surface area (Å²) < 4.78 is 0. The van der Waals surface area contributed by atoms with Gasteiger partial charge in [0.05, 0.1) is 29.1 Å². The molecule has 3 aliphatic carbocycles. The van der Waals surface area contributed by atoms with Crippen LogP contribution in [0.1, 0.15) is 17.3 Å². The van der Waals surface area contributed by atoms with Gasteiger partial charge in [-0.25, -0.2) is 5.01 Å². The highest BCUT2D eigenvalue weighted by Gasteiger charge is 2.73. The summed E-state index contributed by atoms with van der Waals surface area (Å²) in [5.74, 6) is 0.0426. The number of benzene rings is 1. The van der Waals surface area contributed by atoms with Crippen LogP contribution >= 0.6 is 11.6 Å². The van der Waals surface area contributed by atoms with Crippen LogP contribution in [-0.2, 0) is 6.42 Å². The second-order valence-electron chi connectivity index (χ2n) is 5.72. The van der Waals surface area contributed by atoms with Crippen molar-refractivity contribution in [1.82, 2.24) is 10.2 Å². The molecule has 4 atom stereocenters. The third-order valence-corrected chi connectivity index (χ3v) is 5.15. The van der Waals surface area contributed by atoms with E-state index in [1.165, 1.54) is 5.69 Å². The number of halogens is 1. The van der Waals surface area contributed by atoms with E-state index in [2.05, 4.69) is 20.5 Å². The van der Waals surface area contributed by atoms with Crippen LogP contribution < -0.4 is 5.01 Å². The summed E-state index contributed by atoms with van der Waals surface area (Å²) >= 11 is 5.93. The molecule has 0 amide bonds. The van der Waals surface area contributed by atoms with Gasteiger partial charge in [-0.1, -0.05) is 16.8 Å². The maximum Gasteiger partial charge on any atom is 0.122 e. The summed E-state index contributed by atoms with van der Waals surface area (Å²) in [5, 5.41) is 28.0. The SMILES string of the molecule is OC1C2c3[nH][nH]c3CC13C2N=NN3c1ccc(Cl)cc1. The van der Waals surface area contributed by atoms with Crippen molar-refractivity contribution >= 4 is 17.3 Å². The first kappa shape index (κ1) is 10.9. The van der Waals surface area contributed by atoms with Gasteiger partial charge in [0.25, 0.3) is 0 Å². The van der Waals surface area contributed by atoms with E-state index in [-0.39, 0.29) is 12.0 Å². The van der Waals surface area contributed by atoms with Crippen molar-refractivity contribution < 1.29 is 5.11 Å².